The molecule has 4 nitrogen and oxygen atoms in total. The number of nitrogens with one attached hydrogen (secondary N) is 1. The van der Waals surface area contributed by atoms with E-state index in [0.717, 1.165) is 32.5 Å². The molecule has 1 amide bonds. The number of amides is 1. The molecule has 0 aromatic heterocycles. The number of ether oxygens (including phenoxy) is 1. The highest BCUT2D eigenvalue weighted by molar-refractivity contribution is 5.84. The zero-order chi connectivity index (χ0) is 12.4. The number of carbonyl (C=O) groups excluding carboxylic acids is 1. The van der Waals surface area contributed by atoms with Crippen LogP contribution in [0.25, 0.3) is 0 Å². The maximum absolute atomic E-state index is 12.2. The van der Waals surface area contributed by atoms with Crippen molar-refractivity contribution in [1.29, 1.82) is 0 Å². The lowest BCUT2D eigenvalue weighted by Gasteiger charge is -2.37. The molecule has 2 heterocycles. The van der Waals surface area contributed by atoms with Crippen molar-refractivity contribution in [2.24, 2.45) is 5.92 Å². The van der Waals surface area contributed by atoms with Gasteiger partial charge in [-0.05, 0) is 39.0 Å². The lowest BCUT2D eigenvalue weighted by Crippen LogP contribution is -2.47. The first kappa shape index (κ1) is 12.8. The van der Waals surface area contributed by atoms with E-state index in [1.54, 1.807) is 0 Å². The zero-order valence-corrected chi connectivity index (χ0v) is 11.1. The van der Waals surface area contributed by atoms with Crippen LogP contribution in [0.2, 0.25) is 0 Å². The third kappa shape index (κ3) is 2.47. The number of nitrogens with zero attached hydrogens (tertiary/aromatic N) is 1. The molecule has 2 aliphatic heterocycles. The van der Waals surface area contributed by atoms with Crippen LogP contribution in [0.1, 0.15) is 40.0 Å². The lowest BCUT2D eigenvalue weighted by molar-refractivity contribution is -0.133. The molecule has 2 rings (SSSR count). The smallest absolute Gasteiger partial charge is 0.240 e. The molecule has 0 aliphatic carbocycles. The Hall–Kier alpha value is -0.610. The summed E-state index contributed by atoms with van der Waals surface area (Å²) in [6, 6.07) is 0.302. The van der Waals surface area contributed by atoms with Gasteiger partial charge in [-0.1, -0.05) is 6.92 Å². The van der Waals surface area contributed by atoms with Gasteiger partial charge in [-0.15, -0.1) is 0 Å². The summed E-state index contributed by atoms with van der Waals surface area (Å²) in [6.45, 7) is 7.97. The predicted octanol–water partition coefficient (Wildman–Crippen LogP) is 1.36. The third-order valence-electron chi connectivity index (χ3n) is 4.18. The summed E-state index contributed by atoms with van der Waals surface area (Å²) in [5.41, 5.74) is 0. The molecule has 3 unspecified atom stereocenters. The van der Waals surface area contributed by atoms with Gasteiger partial charge in [-0.3, -0.25) is 10.1 Å². The second kappa shape index (κ2) is 5.36. The fraction of sp³-hybridized carbons (Fsp3) is 0.923. The van der Waals surface area contributed by atoms with E-state index >= 15 is 0 Å². The molecule has 0 spiro atoms. The minimum Gasteiger partial charge on any atom is -0.381 e. The van der Waals surface area contributed by atoms with Gasteiger partial charge in [-0.25, -0.2) is 0 Å². The fourth-order valence-corrected chi connectivity index (χ4v) is 3.04. The van der Waals surface area contributed by atoms with Crippen LogP contribution in [0.4, 0.5) is 0 Å². The zero-order valence-electron chi connectivity index (χ0n) is 11.1. The molecule has 0 radical (unpaired) electrons. The first-order chi connectivity index (χ1) is 8.15. The Morgan fingerprint density at radius 1 is 1.47 bits per heavy atom. The van der Waals surface area contributed by atoms with Crippen molar-refractivity contribution >= 4 is 5.91 Å². The van der Waals surface area contributed by atoms with Crippen LogP contribution < -0.4 is 5.32 Å². The normalized spacial score (nSPS) is 33.1. The van der Waals surface area contributed by atoms with Crippen molar-refractivity contribution in [3.63, 3.8) is 0 Å². The third-order valence-corrected chi connectivity index (χ3v) is 4.18. The van der Waals surface area contributed by atoms with Gasteiger partial charge in [0.1, 0.15) is 0 Å². The maximum Gasteiger partial charge on any atom is 0.240 e. The lowest BCUT2D eigenvalue weighted by atomic mass is 9.91. The number of rotatable bonds is 3. The Labute approximate surface area is 104 Å². The SMILES string of the molecule is CCC1NC(C)C(=O)N1C(C)C1CCOCC1. The molecule has 0 saturated carbocycles. The summed E-state index contributed by atoms with van der Waals surface area (Å²) < 4.78 is 5.39. The first-order valence-corrected chi connectivity index (χ1v) is 6.81. The van der Waals surface area contributed by atoms with E-state index in [4.69, 9.17) is 4.74 Å². The van der Waals surface area contributed by atoms with E-state index in [0.29, 0.717) is 12.0 Å². The van der Waals surface area contributed by atoms with Crippen LogP contribution in [0, 0.1) is 5.92 Å². The van der Waals surface area contributed by atoms with Gasteiger partial charge in [0.25, 0.3) is 0 Å². The Morgan fingerprint density at radius 2 is 2.12 bits per heavy atom. The van der Waals surface area contributed by atoms with Gasteiger partial charge < -0.3 is 9.64 Å². The molecule has 17 heavy (non-hydrogen) atoms. The molecule has 4 heteroatoms. The minimum absolute atomic E-state index is 0.0257. The van der Waals surface area contributed by atoms with Crippen molar-refractivity contribution < 1.29 is 9.53 Å². The highest BCUT2D eigenvalue weighted by atomic mass is 16.5. The summed E-state index contributed by atoms with van der Waals surface area (Å²) in [4.78, 5) is 14.3. The van der Waals surface area contributed by atoms with Gasteiger partial charge >= 0.3 is 0 Å². The van der Waals surface area contributed by atoms with Crippen molar-refractivity contribution in [3.8, 4) is 0 Å². The summed E-state index contributed by atoms with van der Waals surface area (Å²) >= 11 is 0. The first-order valence-electron chi connectivity index (χ1n) is 6.81. The molecule has 0 aromatic rings. The molecule has 3 atom stereocenters. The van der Waals surface area contributed by atoms with Crippen molar-refractivity contribution in [2.45, 2.75) is 58.3 Å². The number of hydrogen-bond donors (Lipinski definition) is 1. The Kier molecular flexibility index (Phi) is 4.05. The maximum atomic E-state index is 12.2. The molecular weight excluding hydrogens is 216 g/mol. The molecule has 2 fully saturated rings. The molecule has 1 N–H and O–H groups in total. The monoisotopic (exact) mass is 240 g/mol. The van der Waals surface area contributed by atoms with E-state index in [-0.39, 0.29) is 18.1 Å². The predicted molar refractivity (Wildman–Crippen MR) is 66.5 cm³/mol. The van der Waals surface area contributed by atoms with Gasteiger partial charge in [0.05, 0.1) is 12.2 Å². The minimum atomic E-state index is -0.0257. The van der Waals surface area contributed by atoms with E-state index in [9.17, 15) is 4.79 Å². The number of hydrogen-bond acceptors (Lipinski definition) is 3. The molecule has 0 aromatic carbocycles. The summed E-state index contributed by atoms with van der Waals surface area (Å²) in [7, 11) is 0. The topological polar surface area (TPSA) is 41.6 Å². The van der Waals surface area contributed by atoms with Crippen LogP contribution in [0.3, 0.4) is 0 Å². The van der Waals surface area contributed by atoms with Crippen LogP contribution >= 0.6 is 0 Å². The van der Waals surface area contributed by atoms with Crippen LogP contribution in [0.15, 0.2) is 0 Å². The molecular formula is C13H24N2O2. The quantitative estimate of drug-likeness (QED) is 0.810. The average molecular weight is 240 g/mol. The van der Waals surface area contributed by atoms with Crippen LogP contribution in [-0.4, -0.2) is 42.3 Å². The average Bonchev–Trinajstić information content (AvgIpc) is 2.65. The molecule has 98 valence electrons. The fourth-order valence-electron chi connectivity index (χ4n) is 3.04. The second-order valence-electron chi connectivity index (χ2n) is 5.25. The van der Waals surface area contributed by atoms with Crippen molar-refractivity contribution in [2.75, 3.05) is 13.2 Å². The van der Waals surface area contributed by atoms with E-state index in [1.807, 2.05) is 6.92 Å². The number of carbonyl (C=O) groups is 1. The Balaban J connectivity index is 2.05. The van der Waals surface area contributed by atoms with Gasteiger partial charge in [0.2, 0.25) is 5.91 Å². The standard InChI is InChI=1S/C13H24N2O2/c1-4-12-14-9(2)13(16)15(12)10(3)11-5-7-17-8-6-11/h9-12,14H,4-8H2,1-3H3. The van der Waals surface area contributed by atoms with E-state index < -0.39 is 0 Å². The second-order valence-corrected chi connectivity index (χ2v) is 5.25. The van der Waals surface area contributed by atoms with E-state index in [1.165, 1.54) is 0 Å². The summed E-state index contributed by atoms with van der Waals surface area (Å²) in [5, 5.41) is 3.37. The van der Waals surface area contributed by atoms with Crippen LogP contribution in [-0.2, 0) is 9.53 Å². The van der Waals surface area contributed by atoms with Crippen LogP contribution in [0.5, 0.6) is 0 Å². The van der Waals surface area contributed by atoms with Crippen molar-refractivity contribution in [1.82, 2.24) is 10.2 Å². The Morgan fingerprint density at radius 3 is 2.71 bits per heavy atom. The van der Waals surface area contributed by atoms with Gasteiger partial charge in [0.15, 0.2) is 0 Å². The highest BCUT2D eigenvalue weighted by Crippen LogP contribution is 2.27. The van der Waals surface area contributed by atoms with Crippen molar-refractivity contribution in [3.05, 3.63) is 0 Å². The van der Waals surface area contributed by atoms with Gasteiger partial charge in [0, 0.05) is 19.3 Å². The summed E-state index contributed by atoms with van der Waals surface area (Å²) in [6.07, 6.45) is 3.35. The molecule has 0 bridgehead atoms. The largest absolute Gasteiger partial charge is 0.381 e. The highest BCUT2D eigenvalue weighted by Gasteiger charge is 2.40. The molecule has 2 aliphatic rings. The van der Waals surface area contributed by atoms with E-state index in [2.05, 4.69) is 24.1 Å². The van der Waals surface area contributed by atoms with Gasteiger partial charge in [-0.2, -0.15) is 0 Å². The molecule has 2 saturated heterocycles. The Bertz CT molecular complexity index is 277. The summed E-state index contributed by atoms with van der Waals surface area (Å²) in [5.74, 6) is 0.852.